The number of benzene rings is 1. The summed E-state index contributed by atoms with van der Waals surface area (Å²) >= 11 is 1.57. The number of carbonyl (C=O) groups is 2. The van der Waals surface area contributed by atoms with Crippen molar-refractivity contribution in [3.63, 3.8) is 0 Å². The molecule has 2 N–H and O–H groups in total. The Bertz CT molecular complexity index is 555. The summed E-state index contributed by atoms with van der Waals surface area (Å²) in [5.41, 5.74) is 5.73. The molecule has 0 aromatic heterocycles. The second-order valence-corrected chi connectivity index (χ2v) is 6.94. The molecule has 2 saturated heterocycles. The topological polar surface area (TPSA) is 72.6 Å². The van der Waals surface area contributed by atoms with Gasteiger partial charge in [-0.25, -0.2) is 0 Å². The van der Waals surface area contributed by atoms with Crippen molar-refractivity contribution in [3.05, 3.63) is 29.8 Å². The Morgan fingerprint density at radius 3 is 2.50 bits per heavy atom. The molecule has 2 aliphatic heterocycles. The normalized spacial score (nSPS) is 23.0. The number of ether oxygens (including phenoxy) is 1. The lowest BCUT2D eigenvalue weighted by molar-refractivity contribution is -0.130. The van der Waals surface area contributed by atoms with Gasteiger partial charge in [0, 0.05) is 36.3 Å². The smallest absolute Gasteiger partial charge is 0.248 e. The fourth-order valence-electron chi connectivity index (χ4n) is 3.01. The Morgan fingerprint density at radius 2 is 1.86 bits per heavy atom. The number of hydrogen-bond donors (Lipinski definition) is 1. The summed E-state index contributed by atoms with van der Waals surface area (Å²) in [6.45, 7) is 2.34. The first-order valence-electron chi connectivity index (χ1n) is 7.60. The lowest BCUT2D eigenvalue weighted by Crippen LogP contribution is -2.41. The fraction of sp³-hybridized carbons (Fsp3) is 0.500. The van der Waals surface area contributed by atoms with Gasteiger partial charge >= 0.3 is 0 Å². The van der Waals surface area contributed by atoms with Crippen LogP contribution in [0.2, 0.25) is 0 Å². The molecule has 0 bridgehead atoms. The first-order chi connectivity index (χ1) is 10.6. The van der Waals surface area contributed by atoms with Crippen LogP contribution < -0.4 is 5.73 Å². The third kappa shape index (κ3) is 3.28. The first kappa shape index (κ1) is 15.4. The Morgan fingerprint density at radius 1 is 1.18 bits per heavy atom. The van der Waals surface area contributed by atoms with Crippen molar-refractivity contribution in [2.24, 2.45) is 5.73 Å². The minimum atomic E-state index is -0.431. The minimum Gasteiger partial charge on any atom is -0.381 e. The van der Waals surface area contributed by atoms with E-state index >= 15 is 0 Å². The molecule has 0 spiro atoms. The molecule has 2 amide bonds. The van der Waals surface area contributed by atoms with Crippen molar-refractivity contribution < 1.29 is 14.3 Å². The molecule has 0 aliphatic carbocycles. The highest BCUT2D eigenvalue weighted by atomic mass is 32.2. The van der Waals surface area contributed by atoms with Gasteiger partial charge in [-0.15, -0.1) is 11.8 Å². The quantitative estimate of drug-likeness (QED) is 0.916. The average molecular weight is 320 g/mol. The predicted molar refractivity (Wildman–Crippen MR) is 84.8 cm³/mol. The second-order valence-electron chi connectivity index (χ2n) is 5.66. The Kier molecular flexibility index (Phi) is 4.69. The number of rotatable bonds is 4. The molecule has 1 aromatic rings. The van der Waals surface area contributed by atoms with Crippen LogP contribution in [0, 0.1) is 0 Å². The number of primary amides is 1. The molecule has 5 nitrogen and oxygen atoms in total. The lowest BCUT2D eigenvalue weighted by atomic mass is 10.1. The van der Waals surface area contributed by atoms with Crippen LogP contribution in [0.3, 0.4) is 0 Å². The summed E-state index contributed by atoms with van der Waals surface area (Å²) in [7, 11) is 0. The third-order valence-electron chi connectivity index (χ3n) is 4.24. The fourth-order valence-corrected chi connectivity index (χ4v) is 4.09. The summed E-state index contributed by atoms with van der Waals surface area (Å²) in [5, 5.41) is -0.0257. The zero-order valence-electron chi connectivity index (χ0n) is 12.4. The summed E-state index contributed by atoms with van der Waals surface area (Å²) in [4.78, 5) is 26.7. The zero-order chi connectivity index (χ0) is 15.5. The van der Waals surface area contributed by atoms with Crippen molar-refractivity contribution in [1.29, 1.82) is 0 Å². The molecule has 2 heterocycles. The van der Waals surface area contributed by atoms with E-state index in [0.29, 0.717) is 11.6 Å². The van der Waals surface area contributed by atoms with Gasteiger partial charge in [-0.2, -0.15) is 0 Å². The van der Waals surface area contributed by atoms with E-state index in [2.05, 4.69) is 0 Å². The highest BCUT2D eigenvalue weighted by Gasteiger charge is 2.36. The van der Waals surface area contributed by atoms with Crippen LogP contribution in [-0.4, -0.2) is 47.8 Å². The molecular formula is C16H20N2O3S. The third-order valence-corrected chi connectivity index (χ3v) is 5.51. The molecule has 1 atom stereocenters. The number of carbonyl (C=O) groups excluding carboxylic acids is 2. The van der Waals surface area contributed by atoms with E-state index in [4.69, 9.17) is 10.5 Å². The van der Waals surface area contributed by atoms with Gasteiger partial charge in [0.2, 0.25) is 11.8 Å². The monoisotopic (exact) mass is 320 g/mol. The molecule has 0 radical (unpaired) electrons. The highest BCUT2D eigenvalue weighted by Crippen LogP contribution is 2.33. The number of nitrogens with two attached hydrogens (primary N) is 1. The van der Waals surface area contributed by atoms with Gasteiger partial charge in [0.25, 0.3) is 0 Å². The average Bonchev–Trinajstić information content (AvgIpc) is 2.90. The number of likely N-dealkylation sites (tertiary alicyclic amines) is 1. The van der Waals surface area contributed by atoms with Crippen molar-refractivity contribution in [2.45, 2.75) is 35.4 Å². The Balaban J connectivity index is 1.61. The molecular weight excluding hydrogens is 300 g/mol. The van der Waals surface area contributed by atoms with Crippen LogP contribution in [0.1, 0.15) is 29.6 Å². The summed E-state index contributed by atoms with van der Waals surface area (Å²) in [6.07, 6.45) is 2.76. The van der Waals surface area contributed by atoms with Gasteiger partial charge in [-0.1, -0.05) is 0 Å². The van der Waals surface area contributed by atoms with Gasteiger partial charge in [-0.05, 0) is 43.5 Å². The molecule has 1 aromatic carbocycles. The second kappa shape index (κ2) is 6.71. The van der Waals surface area contributed by atoms with Gasteiger partial charge in [0.15, 0.2) is 0 Å². The highest BCUT2D eigenvalue weighted by molar-refractivity contribution is 8.00. The van der Waals surface area contributed by atoms with Crippen LogP contribution in [0.15, 0.2) is 29.2 Å². The van der Waals surface area contributed by atoms with E-state index in [9.17, 15) is 9.59 Å². The summed E-state index contributed by atoms with van der Waals surface area (Å²) < 4.78 is 5.37. The van der Waals surface area contributed by atoms with Crippen molar-refractivity contribution in [2.75, 3.05) is 19.8 Å². The van der Waals surface area contributed by atoms with Crippen LogP contribution in [0.4, 0.5) is 0 Å². The van der Waals surface area contributed by atoms with Gasteiger partial charge in [-0.3, -0.25) is 9.59 Å². The number of nitrogens with zero attached hydrogens (tertiary/aromatic N) is 1. The largest absolute Gasteiger partial charge is 0.381 e. The SMILES string of the molecule is NC(=O)c1ccc(SC2CCN(C3CCOCC3)C2=O)cc1. The minimum absolute atomic E-state index is 0.0257. The predicted octanol–water partition coefficient (Wildman–Crippen LogP) is 1.66. The van der Waals surface area contributed by atoms with E-state index < -0.39 is 5.91 Å². The maximum atomic E-state index is 12.6. The number of thioether (sulfide) groups is 1. The molecule has 2 aliphatic rings. The van der Waals surface area contributed by atoms with E-state index in [1.54, 1.807) is 23.9 Å². The first-order valence-corrected chi connectivity index (χ1v) is 8.48. The van der Waals surface area contributed by atoms with Gasteiger partial charge in [0.05, 0.1) is 5.25 Å². The van der Waals surface area contributed by atoms with Crippen molar-refractivity contribution in [3.8, 4) is 0 Å². The molecule has 1 unspecified atom stereocenters. The standard InChI is InChI=1S/C16H20N2O3S/c17-15(19)11-1-3-13(4-2-11)22-14-5-8-18(16(14)20)12-6-9-21-10-7-12/h1-4,12,14H,5-10H2,(H2,17,19). The number of amides is 2. The summed E-state index contributed by atoms with van der Waals surface area (Å²) in [6, 6.07) is 7.47. The molecule has 6 heteroatoms. The van der Waals surface area contributed by atoms with E-state index in [-0.39, 0.29) is 11.2 Å². The van der Waals surface area contributed by atoms with Gasteiger partial charge in [0.1, 0.15) is 0 Å². The number of hydrogen-bond acceptors (Lipinski definition) is 4. The molecule has 118 valence electrons. The molecule has 3 rings (SSSR count). The van der Waals surface area contributed by atoms with E-state index in [1.807, 2.05) is 17.0 Å². The maximum absolute atomic E-state index is 12.6. The lowest BCUT2D eigenvalue weighted by Gasteiger charge is -2.31. The van der Waals surface area contributed by atoms with E-state index in [1.165, 1.54) is 0 Å². The van der Waals surface area contributed by atoms with Gasteiger partial charge < -0.3 is 15.4 Å². The van der Waals surface area contributed by atoms with E-state index in [0.717, 1.165) is 43.9 Å². The van der Waals surface area contributed by atoms with Crippen LogP contribution in [0.25, 0.3) is 0 Å². The molecule has 22 heavy (non-hydrogen) atoms. The van der Waals surface area contributed by atoms with Crippen LogP contribution >= 0.6 is 11.8 Å². The Hall–Kier alpha value is -1.53. The van der Waals surface area contributed by atoms with Crippen molar-refractivity contribution in [1.82, 2.24) is 4.90 Å². The van der Waals surface area contributed by atoms with Crippen LogP contribution in [0.5, 0.6) is 0 Å². The Labute approximate surface area is 134 Å². The maximum Gasteiger partial charge on any atom is 0.248 e. The molecule has 0 saturated carbocycles. The summed E-state index contributed by atoms with van der Waals surface area (Å²) in [5.74, 6) is -0.199. The zero-order valence-corrected chi connectivity index (χ0v) is 13.2. The molecule has 2 fully saturated rings. The van der Waals surface area contributed by atoms with Crippen LogP contribution in [-0.2, 0) is 9.53 Å². The van der Waals surface area contributed by atoms with Crippen molar-refractivity contribution >= 4 is 23.6 Å².